The Kier molecular flexibility index (Phi) is 15.8. The fraction of sp³-hybridized carbons (Fsp3) is 1.00. The van der Waals surface area contributed by atoms with E-state index >= 15 is 0 Å². The molecule has 2 nitrogen and oxygen atoms in total. The van der Waals surface area contributed by atoms with Gasteiger partial charge in [0.25, 0.3) is 0 Å². The molecule has 0 spiro atoms. The SMILES string of the molecule is CCCCCCCCCCCCNCCCO. The molecule has 2 heteroatoms. The largest absolute Gasteiger partial charge is 0.396 e. The van der Waals surface area contributed by atoms with Crippen molar-refractivity contribution in [2.75, 3.05) is 19.7 Å². The molecule has 0 saturated heterocycles. The molecule has 0 unspecified atom stereocenters. The highest BCUT2D eigenvalue weighted by Gasteiger charge is 1.92. The second kappa shape index (κ2) is 15.9. The van der Waals surface area contributed by atoms with Crippen LogP contribution in [0, 0.1) is 0 Å². The van der Waals surface area contributed by atoms with Crippen LogP contribution >= 0.6 is 0 Å². The second-order valence-corrected chi connectivity index (χ2v) is 5.01. The molecule has 17 heavy (non-hydrogen) atoms. The van der Waals surface area contributed by atoms with Gasteiger partial charge in [0.15, 0.2) is 0 Å². The van der Waals surface area contributed by atoms with Gasteiger partial charge in [0, 0.05) is 6.61 Å². The first-order valence-corrected chi connectivity index (χ1v) is 7.73. The number of hydrogen-bond acceptors (Lipinski definition) is 2. The molecule has 0 aliphatic carbocycles. The summed E-state index contributed by atoms with van der Waals surface area (Å²) in [5.41, 5.74) is 0. The number of hydrogen-bond donors (Lipinski definition) is 2. The summed E-state index contributed by atoms with van der Waals surface area (Å²) in [6.07, 6.45) is 14.9. The molecule has 0 amide bonds. The Balaban J connectivity index is 2.85. The van der Waals surface area contributed by atoms with Crippen molar-refractivity contribution in [1.82, 2.24) is 5.32 Å². The zero-order valence-electron chi connectivity index (χ0n) is 11.8. The molecule has 0 aliphatic heterocycles. The van der Waals surface area contributed by atoms with E-state index in [-0.39, 0.29) is 0 Å². The van der Waals surface area contributed by atoms with Gasteiger partial charge in [-0.15, -0.1) is 0 Å². The summed E-state index contributed by atoms with van der Waals surface area (Å²) in [5.74, 6) is 0. The van der Waals surface area contributed by atoms with E-state index in [2.05, 4.69) is 12.2 Å². The van der Waals surface area contributed by atoms with Gasteiger partial charge in [-0.3, -0.25) is 0 Å². The molecule has 0 bridgehead atoms. The Bertz CT molecular complexity index is 114. The number of rotatable bonds is 14. The van der Waals surface area contributed by atoms with Gasteiger partial charge in [0.2, 0.25) is 0 Å². The van der Waals surface area contributed by atoms with Crippen molar-refractivity contribution >= 4 is 0 Å². The molecule has 0 fully saturated rings. The third-order valence-electron chi connectivity index (χ3n) is 3.22. The lowest BCUT2D eigenvalue weighted by Crippen LogP contribution is -2.17. The van der Waals surface area contributed by atoms with Crippen LogP contribution in [-0.2, 0) is 0 Å². The van der Waals surface area contributed by atoms with Gasteiger partial charge in [-0.05, 0) is 25.9 Å². The van der Waals surface area contributed by atoms with Crippen LogP contribution in [0.25, 0.3) is 0 Å². The number of aliphatic hydroxyl groups excluding tert-OH is 1. The van der Waals surface area contributed by atoms with Gasteiger partial charge < -0.3 is 10.4 Å². The molecular formula is C15H33NO. The molecular weight excluding hydrogens is 210 g/mol. The van der Waals surface area contributed by atoms with Crippen LogP contribution in [0.15, 0.2) is 0 Å². The normalized spacial score (nSPS) is 10.9. The van der Waals surface area contributed by atoms with Crippen molar-refractivity contribution in [1.29, 1.82) is 0 Å². The summed E-state index contributed by atoms with van der Waals surface area (Å²) in [6.45, 7) is 4.67. The molecule has 0 atom stereocenters. The first kappa shape index (κ1) is 16.9. The van der Waals surface area contributed by atoms with Gasteiger partial charge in [-0.25, -0.2) is 0 Å². The minimum Gasteiger partial charge on any atom is -0.396 e. The van der Waals surface area contributed by atoms with E-state index in [1.54, 1.807) is 0 Å². The molecule has 0 rings (SSSR count). The maximum Gasteiger partial charge on any atom is 0.0443 e. The van der Waals surface area contributed by atoms with E-state index in [1.807, 2.05) is 0 Å². The fourth-order valence-electron chi connectivity index (χ4n) is 2.07. The Morgan fingerprint density at radius 1 is 0.647 bits per heavy atom. The third kappa shape index (κ3) is 15.9. The molecule has 0 aliphatic rings. The van der Waals surface area contributed by atoms with Gasteiger partial charge in [-0.1, -0.05) is 64.7 Å². The van der Waals surface area contributed by atoms with E-state index in [9.17, 15) is 0 Å². The minimum atomic E-state index is 0.311. The molecule has 104 valence electrons. The van der Waals surface area contributed by atoms with Crippen LogP contribution in [0.1, 0.15) is 77.6 Å². The first-order valence-electron chi connectivity index (χ1n) is 7.73. The lowest BCUT2D eigenvalue weighted by Gasteiger charge is -2.04. The van der Waals surface area contributed by atoms with Crippen molar-refractivity contribution in [2.45, 2.75) is 77.6 Å². The Hall–Kier alpha value is -0.0800. The fourth-order valence-corrected chi connectivity index (χ4v) is 2.07. The van der Waals surface area contributed by atoms with Crippen molar-refractivity contribution in [3.05, 3.63) is 0 Å². The molecule has 0 saturated carbocycles. The maximum atomic E-state index is 8.60. The number of unbranched alkanes of at least 4 members (excludes halogenated alkanes) is 9. The average Bonchev–Trinajstić information content (AvgIpc) is 2.35. The molecule has 0 radical (unpaired) electrons. The second-order valence-electron chi connectivity index (χ2n) is 5.01. The summed E-state index contributed by atoms with van der Waals surface area (Å²) < 4.78 is 0. The van der Waals surface area contributed by atoms with Gasteiger partial charge >= 0.3 is 0 Å². The van der Waals surface area contributed by atoms with Crippen LogP contribution in [-0.4, -0.2) is 24.8 Å². The summed E-state index contributed by atoms with van der Waals surface area (Å²) >= 11 is 0. The third-order valence-corrected chi connectivity index (χ3v) is 3.22. The van der Waals surface area contributed by atoms with E-state index in [4.69, 9.17) is 5.11 Å². The van der Waals surface area contributed by atoms with Gasteiger partial charge in [0.05, 0.1) is 0 Å². The molecule has 0 aromatic heterocycles. The Morgan fingerprint density at radius 3 is 1.65 bits per heavy atom. The van der Waals surface area contributed by atoms with Crippen LogP contribution in [0.2, 0.25) is 0 Å². The maximum absolute atomic E-state index is 8.60. The average molecular weight is 243 g/mol. The Labute approximate surface area is 108 Å². The monoisotopic (exact) mass is 243 g/mol. The quantitative estimate of drug-likeness (QED) is 0.454. The molecule has 0 aromatic carbocycles. The van der Waals surface area contributed by atoms with Crippen molar-refractivity contribution in [3.63, 3.8) is 0 Å². The number of nitrogens with one attached hydrogen (secondary N) is 1. The van der Waals surface area contributed by atoms with Gasteiger partial charge in [0.1, 0.15) is 0 Å². The summed E-state index contributed by atoms with van der Waals surface area (Å²) in [4.78, 5) is 0. The van der Waals surface area contributed by atoms with E-state index in [1.165, 1.54) is 64.2 Å². The smallest absolute Gasteiger partial charge is 0.0443 e. The lowest BCUT2D eigenvalue weighted by molar-refractivity contribution is 0.286. The van der Waals surface area contributed by atoms with E-state index in [0.29, 0.717) is 6.61 Å². The van der Waals surface area contributed by atoms with Crippen LogP contribution in [0.5, 0.6) is 0 Å². The van der Waals surface area contributed by atoms with Crippen LogP contribution in [0.4, 0.5) is 0 Å². The standard InChI is InChI=1S/C15H33NO/c1-2-3-4-5-6-7-8-9-10-11-13-16-14-12-15-17/h16-17H,2-15H2,1H3. The zero-order chi connectivity index (χ0) is 12.6. The van der Waals surface area contributed by atoms with Crippen LogP contribution < -0.4 is 5.32 Å². The molecule has 0 aromatic rings. The predicted molar refractivity (Wildman–Crippen MR) is 76.4 cm³/mol. The highest BCUT2D eigenvalue weighted by atomic mass is 16.3. The predicted octanol–water partition coefficient (Wildman–Crippen LogP) is 3.88. The summed E-state index contributed by atoms with van der Waals surface area (Å²) in [5, 5.41) is 12.0. The topological polar surface area (TPSA) is 32.3 Å². The summed E-state index contributed by atoms with van der Waals surface area (Å²) in [6, 6.07) is 0. The van der Waals surface area contributed by atoms with Crippen molar-refractivity contribution < 1.29 is 5.11 Å². The van der Waals surface area contributed by atoms with Crippen LogP contribution in [0.3, 0.4) is 0 Å². The highest BCUT2D eigenvalue weighted by molar-refractivity contribution is 4.50. The lowest BCUT2D eigenvalue weighted by atomic mass is 10.1. The number of aliphatic hydroxyl groups is 1. The molecule has 2 N–H and O–H groups in total. The van der Waals surface area contributed by atoms with Gasteiger partial charge in [-0.2, -0.15) is 0 Å². The molecule has 0 heterocycles. The van der Waals surface area contributed by atoms with E-state index < -0.39 is 0 Å². The first-order chi connectivity index (χ1) is 8.41. The highest BCUT2D eigenvalue weighted by Crippen LogP contribution is 2.10. The van der Waals surface area contributed by atoms with Crippen molar-refractivity contribution in [3.8, 4) is 0 Å². The van der Waals surface area contributed by atoms with E-state index in [0.717, 1.165) is 19.5 Å². The zero-order valence-corrected chi connectivity index (χ0v) is 11.8. The summed E-state index contributed by atoms with van der Waals surface area (Å²) in [7, 11) is 0. The minimum absolute atomic E-state index is 0.311. The Morgan fingerprint density at radius 2 is 1.12 bits per heavy atom. The van der Waals surface area contributed by atoms with Crippen molar-refractivity contribution in [2.24, 2.45) is 0 Å².